The van der Waals surface area contributed by atoms with Gasteiger partial charge in [0.25, 0.3) is 0 Å². The molecule has 0 aliphatic heterocycles. The van der Waals surface area contributed by atoms with Crippen LogP contribution in [0.2, 0.25) is 15.1 Å². The van der Waals surface area contributed by atoms with E-state index in [4.69, 9.17) is 34.8 Å². The van der Waals surface area contributed by atoms with Gasteiger partial charge in [0.15, 0.2) is 0 Å². The van der Waals surface area contributed by atoms with Crippen molar-refractivity contribution in [1.82, 2.24) is 9.38 Å². The first-order chi connectivity index (χ1) is 10.9. The van der Waals surface area contributed by atoms with Crippen LogP contribution < -0.4 is 5.32 Å². The molecule has 0 saturated heterocycles. The number of amides is 1. The molecule has 0 saturated carbocycles. The minimum Gasteiger partial charge on any atom is -0.323 e. The smallest absolute Gasteiger partial charge is 0.230 e. The molecule has 2 heterocycles. The molecule has 7 heteroatoms. The van der Waals surface area contributed by atoms with Crippen molar-refractivity contribution in [2.45, 2.75) is 13.3 Å². The molecule has 0 radical (unpaired) electrons. The van der Waals surface area contributed by atoms with Gasteiger partial charge in [-0.05, 0) is 36.8 Å². The molecule has 1 amide bonds. The van der Waals surface area contributed by atoms with E-state index >= 15 is 0 Å². The number of pyridine rings is 1. The van der Waals surface area contributed by atoms with Crippen LogP contribution in [0.15, 0.2) is 36.7 Å². The Morgan fingerprint density at radius 1 is 1.22 bits per heavy atom. The summed E-state index contributed by atoms with van der Waals surface area (Å²) in [5.41, 5.74) is 2.92. The Balaban J connectivity index is 1.78. The molecule has 3 rings (SSSR count). The molecule has 4 nitrogen and oxygen atoms in total. The lowest BCUT2D eigenvalue weighted by atomic mass is 10.2. The molecule has 23 heavy (non-hydrogen) atoms. The third-order valence-corrected chi connectivity index (χ3v) is 4.09. The average Bonchev–Trinajstić information content (AvgIpc) is 2.84. The summed E-state index contributed by atoms with van der Waals surface area (Å²) in [4.78, 5) is 16.6. The van der Waals surface area contributed by atoms with Gasteiger partial charge in [-0.15, -0.1) is 0 Å². The summed E-state index contributed by atoms with van der Waals surface area (Å²) in [6.45, 7) is 1.99. The highest BCUT2D eigenvalue weighted by atomic mass is 35.5. The van der Waals surface area contributed by atoms with E-state index in [0.29, 0.717) is 26.4 Å². The number of nitrogens with zero attached hydrogens (tertiary/aromatic N) is 2. The molecule has 1 N–H and O–H groups in total. The SMILES string of the molecule is Cc1ccn2cc(CC(=O)Nc3c(Cl)cc(Cl)cc3Cl)nc2c1. The lowest BCUT2D eigenvalue weighted by molar-refractivity contribution is -0.115. The number of rotatable bonds is 3. The van der Waals surface area contributed by atoms with Crippen LogP contribution in [0.4, 0.5) is 5.69 Å². The van der Waals surface area contributed by atoms with Gasteiger partial charge >= 0.3 is 0 Å². The van der Waals surface area contributed by atoms with Crippen LogP contribution in [0.3, 0.4) is 0 Å². The fraction of sp³-hybridized carbons (Fsp3) is 0.125. The van der Waals surface area contributed by atoms with E-state index in [2.05, 4.69) is 10.3 Å². The van der Waals surface area contributed by atoms with Crippen LogP contribution in [0.25, 0.3) is 5.65 Å². The summed E-state index contributed by atoms with van der Waals surface area (Å²) < 4.78 is 1.87. The lowest BCUT2D eigenvalue weighted by Crippen LogP contribution is -2.15. The third-order valence-electron chi connectivity index (χ3n) is 3.28. The second kappa shape index (κ2) is 6.40. The molecular formula is C16H12Cl3N3O. The molecular weight excluding hydrogens is 357 g/mol. The summed E-state index contributed by atoms with van der Waals surface area (Å²) >= 11 is 18.0. The fourth-order valence-electron chi connectivity index (χ4n) is 2.23. The predicted molar refractivity (Wildman–Crippen MR) is 93.7 cm³/mol. The molecule has 3 aromatic rings. The summed E-state index contributed by atoms with van der Waals surface area (Å²) in [6.07, 6.45) is 3.85. The van der Waals surface area contributed by atoms with Crippen molar-refractivity contribution >= 4 is 52.0 Å². The van der Waals surface area contributed by atoms with Crippen molar-refractivity contribution in [3.05, 3.63) is 63.0 Å². The van der Waals surface area contributed by atoms with E-state index in [0.717, 1.165) is 11.2 Å². The maximum Gasteiger partial charge on any atom is 0.230 e. The predicted octanol–water partition coefficient (Wildman–Crippen LogP) is 4.78. The standard InChI is InChI=1S/C16H12Cl3N3O/c1-9-2-3-22-8-11(20-14(22)4-9)7-15(23)21-16-12(18)5-10(17)6-13(16)19/h2-6,8H,7H2,1H3,(H,21,23). The lowest BCUT2D eigenvalue weighted by Gasteiger charge is -2.09. The Hall–Kier alpha value is -1.75. The molecule has 2 aromatic heterocycles. The Labute approximate surface area is 148 Å². The van der Waals surface area contributed by atoms with Gasteiger partial charge in [-0.2, -0.15) is 0 Å². The topological polar surface area (TPSA) is 46.4 Å². The number of nitrogens with one attached hydrogen (secondary N) is 1. The first-order valence-electron chi connectivity index (χ1n) is 6.81. The Kier molecular flexibility index (Phi) is 4.48. The highest BCUT2D eigenvalue weighted by Gasteiger charge is 2.13. The highest BCUT2D eigenvalue weighted by Crippen LogP contribution is 2.33. The van der Waals surface area contributed by atoms with Gasteiger partial charge in [-0.3, -0.25) is 4.79 Å². The van der Waals surface area contributed by atoms with Crippen LogP contribution >= 0.6 is 34.8 Å². The van der Waals surface area contributed by atoms with E-state index < -0.39 is 0 Å². The number of aryl methyl sites for hydroxylation is 1. The minimum absolute atomic E-state index is 0.121. The van der Waals surface area contributed by atoms with Crippen LogP contribution in [-0.4, -0.2) is 15.3 Å². The second-order valence-corrected chi connectivity index (χ2v) is 6.42. The summed E-state index contributed by atoms with van der Waals surface area (Å²) in [5, 5.41) is 3.70. The van der Waals surface area contributed by atoms with Crippen LogP contribution in [0.1, 0.15) is 11.3 Å². The van der Waals surface area contributed by atoms with Gasteiger partial charge in [-0.25, -0.2) is 4.98 Å². The number of fused-ring (bicyclic) bond motifs is 1. The molecule has 0 atom stereocenters. The normalized spacial score (nSPS) is 11.0. The van der Waals surface area contributed by atoms with Gasteiger partial charge in [-0.1, -0.05) is 34.8 Å². The van der Waals surface area contributed by atoms with Crippen molar-refractivity contribution in [2.75, 3.05) is 5.32 Å². The van der Waals surface area contributed by atoms with E-state index in [-0.39, 0.29) is 12.3 Å². The first kappa shape index (κ1) is 16.1. The Morgan fingerprint density at radius 3 is 2.61 bits per heavy atom. The van der Waals surface area contributed by atoms with Crippen LogP contribution in [0.5, 0.6) is 0 Å². The molecule has 0 bridgehead atoms. The summed E-state index contributed by atoms with van der Waals surface area (Å²) in [5.74, 6) is -0.253. The number of hydrogen-bond donors (Lipinski definition) is 1. The monoisotopic (exact) mass is 367 g/mol. The van der Waals surface area contributed by atoms with Crippen LogP contribution in [-0.2, 0) is 11.2 Å². The Morgan fingerprint density at radius 2 is 1.91 bits per heavy atom. The molecule has 0 aliphatic carbocycles. The van der Waals surface area contributed by atoms with Crippen molar-refractivity contribution in [3.8, 4) is 0 Å². The quantitative estimate of drug-likeness (QED) is 0.723. The summed E-state index contributed by atoms with van der Waals surface area (Å²) in [7, 11) is 0. The number of halogens is 3. The summed E-state index contributed by atoms with van der Waals surface area (Å²) in [6, 6.07) is 6.98. The van der Waals surface area contributed by atoms with Gasteiger partial charge < -0.3 is 9.72 Å². The average molecular weight is 369 g/mol. The van der Waals surface area contributed by atoms with Crippen molar-refractivity contribution < 1.29 is 4.79 Å². The molecule has 0 unspecified atom stereocenters. The number of carbonyl (C=O) groups excluding carboxylic acids is 1. The van der Waals surface area contributed by atoms with Crippen molar-refractivity contribution in [3.63, 3.8) is 0 Å². The number of benzene rings is 1. The largest absolute Gasteiger partial charge is 0.323 e. The number of carbonyl (C=O) groups is 1. The van der Waals surface area contributed by atoms with Gasteiger partial charge in [0.1, 0.15) is 5.65 Å². The number of imidazole rings is 1. The van der Waals surface area contributed by atoms with E-state index in [9.17, 15) is 4.79 Å². The maximum atomic E-state index is 12.2. The van der Waals surface area contributed by atoms with Crippen molar-refractivity contribution in [1.29, 1.82) is 0 Å². The molecule has 0 aliphatic rings. The minimum atomic E-state index is -0.253. The molecule has 0 spiro atoms. The molecule has 118 valence electrons. The number of aromatic nitrogens is 2. The molecule has 0 fully saturated rings. The zero-order valence-corrected chi connectivity index (χ0v) is 14.4. The van der Waals surface area contributed by atoms with Gasteiger partial charge in [0.05, 0.1) is 27.8 Å². The van der Waals surface area contributed by atoms with Crippen molar-refractivity contribution in [2.24, 2.45) is 0 Å². The van der Waals surface area contributed by atoms with Gasteiger partial charge in [0, 0.05) is 17.4 Å². The van der Waals surface area contributed by atoms with E-state index in [1.165, 1.54) is 12.1 Å². The zero-order chi connectivity index (χ0) is 16.6. The number of anilines is 1. The first-order valence-corrected chi connectivity index (χ1v) is 7.94. The van der Waals surface area contributed by atoms with E-state index in [1.807, 2.05) is 35.9 Å². The Bertz CT molecular complexity index is 882. The van der Waals surface area contributed by atoms with Gasteiger partial charge in [0.2, 0.25) is 5.91 Å². The zero-order valence-electron chi connectivity index (χ0n) is 12.1. The second-order valence-electron chi connectivity index (χ2n) is 5.17. The third kappa shape index (κ3) is 3.61. The highest BCUT2D eigenvalue weighted by molar-refractivity contribution is 6.42. The molecule has 1 aromatic carbocycles. The maximum absolute atomic E-state index is 12.2. The fourth-order valence-corrected chi connectivity index (χ4v) is 3.14. The number of hydrogen-bond acceptors (Lipinski definition) is 2. The van der Waals surface area contributed by atoms with E-state index in [1.54, 1.807) is 0 Å². The van der Waals surface area contributed by atoms with Crippen LogP contribution in [0, 0.1) is 6.92 Å².